The van der Waals surface area contributed by atoms with Gasteiger partial charge in [-0.3, -0.25) is 0 Å². The molecule has 2 rings (SSSR count). The normalized spacial score (nSPS) is 24.8. The topological polar surface area (TPSA) is 12.5 Å². The predicted octanol–water partition coefficient (Wildman–Crippen LogP) is 3.95. The molecule has 0 N–H and O–H groups in total. The van der Waals surface area contributed by atoms with Crippen LogP contribution in [-0.4, -0.2) is 37.7 Å². The van der Waals surface area contributed by atoms with Gasteiger partial charge in [0.2, 0.25) is 0 Å². The molecule has 0 aromatic rings. The van der Waals surface area contributed by atoms with E-state index in [9.17, 15) is 0 Å². The summed E-state index contributed by atoms with van der Waals surface area (Å²) in [5.74, 6) is 1.89. The fraction of sp³-hybridized carbons (Fsp3) is 1.00. The van der Waals surface area contributed by atoms with E-state index < -0.39 is 0 Å². The van der Waals surface area contributed by atoms with Crippen LogP contribution in [0.25, 0.3) is 0 Å². The third kappa shape index (κ3) is 5.83. The summed E-state index contributed by atoms with van der Waals surface area (Å²) in [4.78, 5) is 2.71. The lowest BCUT2D eigenvalue weighted by Gasteiger charge is -2.36. The molecule has 2 nitrogen and oxygen atoms in total. The first-order valence-corrected chi connectivity index (χ1v) is 8.33. The minimum absolute atomic E-state index is 0.513. The number of hydrogen-bond acceptors (Lipinski definition) is 2. The number of piperidine rings is 1. The zero-order chi connectivity index (χ0) is 13.7. The van der Waals surface area contributed by atoms with Crippen molar-refractivity contribution in [2.75, 3.05) is 32.8 Å². The summed E-state index contributed by atoms with van der Waals surface area (Å²) in [6, 6.07) is 0. The van der Waals surface area contributed by atoms with Crippen molar-refractivity contribution in [3.63, 3.8) is 0 Å². The summed E-state index contributed by atoms with van der Waals surface area (Å²) in [7, 11) is 0. The van der Waals surface area contributed by atoms with Gasteiger partial charge in [-0.2, -0.15) is 0 Å². The molecule has 2 saturated heterocycles. The van der Waals surface area contributed by atoms with Gasteiger partial charge in [0.25, 0.3) is 0 Å². The van der Waals surface area contributed by atoms with Crippen molar-refractivity contribution in [2.45, 2.75) is 59.3 Å². The van der Waals surface area contributed by atoms with Crippen molar-refractivity contribution in [1.82, 2.24) is 4.90 Å². The van der Waals surface area contributed by atoms with Crippen LogP contribution in [0.2, 0.25) is 0 Å². The van der Waals surface area contributed by atoms with E-state index in [-0.39, 0.29) is 0 Å². The van der Waals surface area contributed by atoms with E-state index >= 15 is 0 Å². The van der Waals surface area contributed by atoms with Crippen molar-refractivity contribution in [3.05, 3.63) is 0 Å². The highest BCUT2D eigenvalue weighted by Gasteiger charge is 2.23. The van der Waals surface area contributed by atoms with Crippen LogP contribution in [0.3, 0.4) is 0 Å². The molecule has 0 radical (unpaired) electrons. The maximum Gasteiger partial charge on any atom is 0.0469 e. The van der Waals surface area contributed by atoms with Crippen LogP contribution in [0.15, 0.2) is 0 Å². The van der Waals surface area contributed by atoms with Gasteiger partial charge in [0.15, 0.2) is 0 Å². The van der Waals surface area contributed by atoms with Crippen molar-refractivity contribution in [2.24, 2.45) is 17.3 Å². The van der Waals surface area contributed by atoms with Gasteiger partial charge in [-0.1, -0.05) is 20.8 Å². The first kappa shape index (κ1) is 15.3. The molecule has 0 aromatic carbocycles. The van der Waals surface area contributed by atoms with Gasteiger partial charge < -0.3 is 9.64 Å². The van der Waals surface area contributed by atoms with Crippen LogP contribution in [0.1, 0.15) is 59.3 Å². The van der Waals surface area contributed by atoms with E-state index in [0.717, 1.165) is 25.0 Å². The summed E-state index contributed by atoms with van der Waals surface area (Å²) in [6.45, 7) is 13.1. The molecule has 2 heterocycles. The fourth-order valence-corrected chi connectivity index (χ4v) is 3.39. The van der Waals surface area contributed by atoms with Crippen LogP contribution in [0.5, 0.6) is 0 Å². The molecule has 0 aromatic heterocycles. The number of likely N-dealkylation sites (tertiary alicyclic amines) is 1. The molecule has 2 heteroatoms. The Balaban J connectivity index is 1.62. The monoisotopic (exact) mass is 267 g/mol. The molecule has 0 bridgehead atoms. The Bertz CT molecular complexity index is 244. The van der Waals surface area contributed by atoms with E-state index in [1.54, 1.807) is 0 Å². The average molecular weight is 267 g/mol. The molecule has 19 heavy (non-hydrogen) atoms. The molecule has 0 atom stereocenters. The van der Waals surface area contributed by atoms with Crippen molar-refractivity contribution >= 4 is 0 Å². The van der Waals surface area contributed by atoms with Crippen molar-refractivity contribution in [1.29, 1.82) is 0 Å². The van der Waals surface area contributed by atoms with Gasteiger partial charge in [0.1, 0.15) is 0 Å². The maximum atomic E-state index is 5.45. The highest BCUT2D eigenvalue weighted by Crippen LogP contribution is 2.29. The lowest BCUT2D eigenvalue weighted by molar-refractivity contribution is 0.0460. The van der Waals surface area contributed by atoms with Gasteiger partial charge >= 0.3 is 0 Å². The lowest BCUT2D eigenvalue weighted by Crippen LogP contribution is -2.38. The number of hydrogen-bond donors (Lipinski definition) is 0. The smallest absolute Gasteiger partial charge is 0.0469 e. The molecule has 2 fully saturated rings. The first-order chi connectivity index (χ1) is 9.03. The summed E-state index contributed by atoms with van der Waals surface area (Å²) in [5, 5.41) is 0. The zero-order valence-corrected chi connectivity index (χ0v) is 13.3. The molecule has 0 saturated carbocycles. The molecule has 112 valence electrons. The second-order valence-corrected chi connectivity index (χ2v) is 7.90. The third-order valence-electron chi connectivity index (χ3n) is 4.87. The Morgan fingerprint density at radius 3 is 2.16 bits per heavy atom. The SMILES string of the molecule is CC(C)(C)CCC1CCN(CC2CCOCC2)CC1. The second kappa shape index (κ2) is 7.08. The number of ether oxygens (including phenoxy) is 1. The Kier molecular flexibility index (Phi) is 5.70. The van der Waals surface area contributed by atoms with Gasteiger partial charge in [-0.15, -0.1) is 0 Å². The van der Waals surface area contributed by atoms with Gasteiger partial charge in [-0.25, -0.2) is 0 Å². The standard InChI is InChI=1S/C17H33NO/c1-17(2,3)9-4-15-5-10-18(11-6-15)14-16-7-12-19-13-8-16/h15-16H,4-14H2,1-3H3. The van der Waals surface area contributed by atoms with Crippen LogP contribution in [0, 0.1) is 17.3 Å². The third-order valence-corrected chi connectivity index (χ3v) is 4.87. The molecule has 0 aliphatic carbocycles. The van der Waals surface area contributed by atoms with Crippen molar-refractivity contribution < 1.29 is 4.74 Å². The molecular formula is C17H33NO. The van der Waals surface area contributed by atoms with E-state index in [4.69, 9.17) is 4.74 Å². The molecular weight excluding hydrogens is 234 g/mol. The van der Waals surface area contributed by atoms with Crippen LogP contribution in [-0.2, 0) is 4.74 Å². The van der Waals surface area contributed by atoms with E-state index in [0.29, 0.717) is 5.41 Å². The molecule has 0 unspecified atom stereocenters. The van der Waals surface area contributed by atoms with E-state index in [1.165, 1.54) is 58.2 Å². The minimum Gasteiger partial charge on any atom is -0.381 e. The highest BCUT2D eigenvalue weighted by molar-refractivity contribution is 4.77. The molecule has 2 aliphatic heterocycles. The van der Waals surface area contributed by atoms with Crippen molar-refractivity contribution in [3.8, 4) is 0 Å². The molecule has 0 spiro atoms. The van der Waals surface area contributed by atoms with Crippen LogP contribution < -0.4 is 0 Å². The average Bonchev–Trinajstić information content (AvgIpc) is 2.38. The maximum absolute atomic E-state index is 5.45. The Morgan fingerprint density at radius 2 is 1.58 bits per heavy atom. The number of nitrogens with zero attached hydrogens (tertiary/aromatic N) is 1. The summed E-state index contributed by atoms with van der Waals surface area (Å²) < 4.78 is 5.45. The zero-order valence-electron chi connectivity index (χ0n) is 13.3. The summed E-state index contributed by atoms with van der Waals surface area (Å²) >= 11 is 0. The summed E-state index contributed by atoms with van der Waals surface area (Å²) in [6.07, 6.45) is 8.25. The first-order valence-electron chi connectivity index (χ1n) is 8.33. The summed E-state index contributed by atoms with van der Waals surface area (Å²) in [5.41, 5.74) is 0.513. The van der Waals surface area contributed by atoms with Crippen LogP contribution >= 0.6 is 0 Å². The largest absolute Gasteiger partial charge is 0.381 e. The Morgan fingerprint density at radius 1 is 0.947 bits per heavy atom. The van der Waals surface area contributed by atoms with E-state index in [1.807, 2.05) is 0 Å². The lowest BCUT2D eigenvalue weighted by atomic mass is 9.83. The Hall–Kier alpha value is -0.0800. The van der Waals surface area contributed by atoms with Crippen LogP contribution in [0.4, 0.5) is 0 Å². The van der Waals surface area contributed by atoms with Gasteiger partial charge in [0, 0.05) is 19.8 Å². The quantitative estimate of drug-likeness (QED) is 0.764. The highest BCUT2D eigenvalue weighted by atomic mass is 16.5. The molecule has 2 aliphatic rings. The minimum atomic E-state index is 0.513. The second-order valence-electron chi connectivity index (χ2n) is 7.90. The van der Waals surface area contributed by atoms with E-state index in [2.05, 4.69) is 25.7 Å². The van der Waals surface area contributed by atoms with Gasteiger partial charge in [0.05, 0.1) is 0 Å². The fourth-order valence-electron chi connectivity index (χ4n) is 3.39. The molecule has 0 amide bonds. The Labute approximate surface area is 119 Å². The number of rotatable bonds is 4. The van der Waals surface area contributed by atoms with Gasteiger partial charge in [-0.05, 0) is 68.9 Å². The predicted molar refractivity (Wildman–Crippen MR) is 81.4 cm³/mol.